The van der Waals surface area contributed by atoms with Crippen LogP contribution in [0.2, 0.25) is 0 Å². The number of hydrogen-bond donors (Lipinski definition) is 1. The number of hydrogen-bond acceptors (Lipinski definition) is 4. The van der Waals surface area contributed by atoms with E-state index in [4.69, 9.17) is 4.42 Å². The van der Waals surface area contributed by atoms with Crippen molar-refractivity contribution < 1.29 is 4.42 Å². The van der Waals surface area contributed by atoms with Crippen LogP contribution < -0.4 is 5.32 Å². The Morgan fingerprint density at radius 2 is 2.00 bits per heavy atom. The molecule has 2 rings (SSSR count). The van der Waals surface area contributed by atoms with E-state index in [1.807, 2.05) is 26.8 Å². The van der Waals surface area contributed by atoms with Gasteiger partial charge in [-0.3, -0.25) is 0 Å². The van der Waals surface area contributed by atoms with E-state index >= 15 is 0 Å². The number of anilines is 1. The summed E-state index contributed by atoms with van der Waals surface area (Å²) < 4.78 is 5.45. The van der Waals surface area contributed by atoms with Gasteiger partial charge in [0.25, 0.3) is 0 Å². The minimum absolute atomic E-state index is 0.652. The number of aryl methyl sites for hydroxylation is 2. The Balaban J connectivity index is 2.44. The van der Waals surface area contributed by atoms with Crippen molar-refractivity contribution >= 4 is 5.82 Å². The maximum atomic E-state index is 5.45. The van der Waals surface area contributed by atoms with Gasteiger partial charge in [-0.2, -0.15) is 0 Å². The van der Waals surface area contributed by atoms with Gasteiger partial charge in [-0.05, 0) is 38.8 Å². The highest BCUT2D eigenvalue weighted by Crippen LogP contribution is 2.24. The van der Waals surface area contributed by atoms with Gasteiger partial charge in [0.2, 0.25) is 0 Å². The summed E-state index contributed by atoms with van der Waals surface area (Å²) in [6.07, 6.45) is 2.74. The molecule has 1 N–H and O–H groups in total. The fourth-order valence-corrected chi connectivity index (χ4v) is 1.75. The molecule has 2 aromatic rings. The van der Waals surface area contributed by atoms with Crippen LogP contribution in [0.1, 0.15) is 30.2 Å². The van der Waals surface area contributed by atoms with E-state index in [0.29, 0.717) is 5.82 Å². The third-order valence-corrected chi connectivity index (χ3v) is 3.00. The highest BCUT2D eigenvalue weighted by Gasteiger charge is 2.13. The monoisotopic (exact) mass is 245 g/mol. The molecule has 18 heavy (non-hydrogen) atoms. The molecule has 0 amide bonds. The second kappa shape index (κ2) is 5.21. The van der Waals surface area contributed by atoms with Crippen LogP contribution in [-0.4, -0.2) is 16.5 Å². The van der Waals surface area contributed by atoms with Gasteiger partial charge in [0.1, 0.15) is 5.82 Å². The van der Waals surface area contributed by atoms with Gasteiger partial charge in [-0.1, -0.05) is 6.92 Å². The van der Waals surface area contributed by atoms with Crippen molar-refractivity contribution in [2.45, 2.75) is 34.1 Å². The van der Waals surface area contributed by atoms with Gasteiger partial charge in [-0.25, -0.2) is 9.97 Å². The van der Waals surface area contributed by atoms with E-state index in [2.05, 4.69) is 22.2 Å². The second-order valence-corrected chi connectivity index (χ2v) is 4.47. The van der Waals surface area contributed by atoms with Crippen LogP contribution in [-0.2, 0) is 0 Å². The van der Waals surface area contributed by atoms with Crippen molar-refractivity contribution in [2.24, 2.45) is 0 Å². The van der Waals surface area contributed by atoms with Crippen LogP contribution in [0.25, 0.3) is 11.6 Å². The lowest BCUT2D eigenvalue weighted by atomic mass is 10.2. The molecule has 2 aromatic heterocycles. The summed E-state index contributed by atoms with van der Waals surface area (Å²) in [6, 6.07) is 1.92. The van der Waals surface area contributed by atoms with Crippen molar-refractivity contribution in [3.63, 3.8) is 0 Å². The molecule has 0 saturated carbocycles. The van der Waals surface area contributed by atoms with Gasteiger partial charge in [0.05, 0.1) is 6.26 Å². The maximum Gasteiger partial charge on any atom is 0.198 e. The fourth-order valence-electron chi connectivity index (χ4n) is 1.75. The molecule has 2 heterocycles. The first kappa shape index (κ1) is 12.6. The normalized spacial score (nSPS) is 10.7. The zero-order valence-corrected chi connectivity index (χ0v) is 11.4. The molecule has 0 aliphatic heterocycles. The van der Waals surface area contributed by atoms with Crippen molar-refractivity contribution in [1.29, 1.82) is 0 Å². The summed E-state index contributed by atoms with van der Waals surface area (Å²) in [4.78, 5) is 9.06. The summed E-state index contributed by atoms with van der Waals surface area (Å²) in [6.45, 7) is 9.07. The van der Waals surface area contributed by atoms with Crippen LogP contribution >= 0.6 is 0 Å². The average molecular weight is 245 g/mol. The fraction of sp³-hybridized carbons (Fsp3) is 0.429. The molecule has 96 valence electrons. The van der Waals surface area contributed by atoms with E-state index in [1.54, 1.807) is 6.26 Å². The highest BCUT2D eigenvalue weighted by atomic mass is 16.3. The van der Waals surface area contributed by atoms with Crippen LogP contribution in [0.3, 0.4) is 0 Å². The SMILES string of the molecule is CCCNc1nc(-c2occc2C)nc(C)c1C. The predicted molar refractivity (Wildman–Crippen MR) is 72.7 cm³/mol. The van der Waals surface area contributed by atoms with Gasteiger partial charge >= 0.3 is 0 Å². The minimum Gasteiger partial charge on any atom is -0.461 e. The quantitative estimate of drug-likeness (QED) is 0.895. The molecule has 0 aliphatic carbocycles. The lowest BCUT2D eigenvalue weighted by molar-refractivity contribution is 0.575. The number of rotatable bonds is 4. The molecule has 4 nitrogen and oxygen atoms in total. The third-order valence-electron chi connectivity index (χ3n) is 3.00. The molecule has 0 aromatic carbocycles. The van der Waals surface area contributed by atoms with Crippen molar-refractivity contribution in [1.82, 2.24) is 9.97 Å². The Morgan fingerprint density at radius 3 is 2.61 bits per heavy atom. The minimum atomic E-state index is 0.652. The first-order chi connectivity index (χ1) is 8.63. The molecule has 0 aliphatic rings. The van der Waals surface area contributed by atoms with E-state index in [0.717, 1.165) is 41.4 Å². The standard InChI is InChI=1S/C14H19N3O/c1-5-7-15-13-10(3)11(4)16-14(17-13)12-9(2)6-8-18-12/h6,8H,5,7H2,1-4H3,(H,15,16,17). The lowest BCUT2D eigenvalue weighted by Gasteiger charge is -2.11. The first-order valence-electron chi connectivity index (χ1n) is 6.27. The summed E-state index contributed by atoms with van der Waals surface area (Å²) in [5, 5.41) is 3.33. The predicted octanol–water partition coefficient (Wildman–Crippen LogP) is 3.48. The molecule has 0 saturated heterocycles. The third kappa shape index (κ3) is 2.37. The van der Waals surface area contributed by atoms with Crippen LogP contribution in [0.4, 0.5) is 5.82 Å². The van der Waals surface area contributed by atoms with E-state index in [-0.39, 0.29) is 0 Å². The zero-order chi connectivity index (χ0) is 13.1. The maximum absolute atomic E-state index is 5.45. The van der Waals surface area contributed by atoms with Crippen LogP contribution in [0, 0.1) is 20.8 Å². The van der Waals surface area contributed by atoms with Gasteiger partial charge < -0.3 is 9.73 Å². The molecule has 4 heteroatoms. The molecule has 0 atom stereocenters. The van der Waals surface area contributed by atoms with Crippen molar-refractivity contribution in [3.05, 3.63) is 29.2 Å². The van der Waals surface area contributed by atoms with Gasteiger partial charge in [0.15, 0.2) is 11.6 Å². The number of nitrogens with zero attached hydrogens (tertiary/aromatic N) is 2. The Labute approximate surface area is 107 Å². The molecule has 0 spiro atoms. The molecule has 0 bridgehead atoms. The van der Waals surface area contributed by atoms with Crippen molar-refractivity contribution in [3.8, 4) is 11.6 Å². The zero-order valence-electron chi connectivity index (χ0n) is 11.4. The Hall–Kier alpha value is -1.84. The summed E-state index contributed by atoms with van der Waals surface area (Å²) >= 11 is 0. The first-order valence-corrected chi connectivity index (χ1v) is 6.27. The second-order valence-electron chi connectivity index (χ2n) is 4.47. The molecular weight excluding hydrogens is 226 g/mol. The molecular formula is C14H19N3O. The smallest absolute Gasteiger partial charge is 0.198 e. The molecule has 0 unspecified atom stereocenters. The van der Waals surface area contributed by atoms with E-state index < -0.39 is 0 Å². The van der Waals surface area contributed by atoms with Gasteiger partial charge in [0, 0.05) is 17.8 Å². The number of nitrogens with one attached hydrogen (secondary N) is 1. The highest BCUT2D eigenvalue weighted by molar-refractivity contribution is 5.57. The largest absolute Gasteiger partial charge is 0.461 e. The number of furan rings is 1. The Morgan fingerprint density at radius 1 is 1.22 bits per heavy atom. The Bertz CT molecular complexity index is 546. The Kier molecular flexibility index (Phi) is 3.65. The summed E-state index contributed by atoms with van der Waals surface area (Å²) in [5.41, 5.74) is 3.13. The van der Waals surface area contributed by atoms with Crippen LogP contribution in [0.5, 0.6) is 0 Å². The van der Waals surface area contributed by atoms with Gasteiger partial charge in [-0.15, -0.1) is 0 Å². The summed E-state index contributed by atoms with van der Waals surface area (Å²) in [5.74, 6) is 2.30. The molecule has 0 fully saturated rings. The molecule has 0 radical (unpaired) electrons. The topological polar surface area (TPSA) is 51.0 Å². The number of aromatic nitrogens is 2. The van der Waals surface area contributed by atoms with E-state index in [1.165, 1.54) is 0 Å². The van der Waals surface area contributed by atoms with E-state index in [9.17, 15) is 0 Å². The summed E-state index contributed by atoms with van der Waals surface area (Å²) in [7, 11) is 0. The van der Waals surface area contributed by atoms with Crippen molar-refractivity contribution in [2.75, 3.05) is 11.9 Å². The average Bonchev–Trinajstić information content (AvgIpc) is 2.77. The van der Waals surface area contributed by atoms with Crippen LogP contribution in [0.15, 0.2) is 16.7 Å². The lowest BCUT2D eigenvalue weighted by Crippen LogP contribution is -2.07.